The maximum atomic E-state index is 9.94. The summed E-state index contributed by atoms with van der Waals surface area (Å²) in [7, 11) is 0. The summed E-state index contributed by atoms with van der Waals surface area (Å²) < 4.78 is 0. The van der Waals surface area contributed by atoms with Gasteiger partial charge < -0.3 is 5.11 Å². The van der Waals surface area contributed by atoms with Crippen molar-refractivity contribution in [2.24, 2.45) is 5.41 Å². The van der Waals surface area contributed by atoms with Crippen molar-refractivity contribution in [3.8, 4) is 0 Å². The highest BCUT2D eigenvalue weighted by atomic mass is 16.3. The molecule has 1 nitrogen and oxygen atoms in total. The first kappa shape index (κ1) is 13.4. The fraction of sp³-hybridized carbons (Fsp3) is 0.529. The van der Waals surface area contributed by atoms with Gasteiger partial charge in [-0.25, -0.2) is 0 Å². The molecule has 2 rings (SSSR count). The van der Waals surface area contributed by atoms with E-state index in [4.69, 9.17) is 0 Å². The number of aliphatic hydroxyl groups excluding tert-OH is 1. The molecule has 1 N–H and O–H groups in total. The molecule has 1 aromatic carbocycles. The lowest BCUT2D eigenvalue weighted by molar-refractivity contribution is 0.146. The van der Waals surface area contributed by atoms with Crippen LogP contribution in [-0.4, -0.2) is 11.2 Å². The summed E-state index contributed by atoms with van der Waals surface area (Å²) in [5.74, 6) is 0.571. The second-order valence-corrected chi connectivity index (χ2v) is 6.58. The molecular weight excluding hydrogens is 220 g/mol. The standard InChI is InChI=1S/C17H24O/c1-12(2)13-5-7-14(8-6-13)15-9-16(18)11-17(3,4)10-15/h5-9,12,16,18H,10-11H2,1-4H3. The molecular formula is C17H24O. The maximum absolute atomic E-state index is 9.94. The average Bonchev–Trinajstić information content (AvgIpc) is 2.26. The summed E-state index contributed by atoms with van der Waals surface area (Å²) >= 11 is 0. The Hall–Kier alpha value is -1.08. The first-order valence-corrected chi connectivity index (χ1v) is 6.86. The number of benzene rings is 1. The Balaban J connectivity index is 2.26. The first-order valence-electron chi connectivity index (χ1n) is 6.86. The second kappa shape index (κ2) is 4.89. The Morgan fingerprint density at radius 2 is 1.78 bits per heavy atom. The van der Waals surface area contributed by atoms with E-state index in [0.717, 1.165) is 12.8 Å². The topological polar surface area (TPSA) is 20.2 Å². The highest BCUT2D eigenvalue weighted by molar-refractivity contribution is 5.67. The largest absolute Gasteiger partial charge is 0.389 e. The van der Waals surface area contributed by atoms with Crippen LogP contribution >= 0.6 is 0 Å². The molecule has 1 aliphatic rings. The van der Waals surface area contributed by atoms with Gasteiger partial charge in [0.25, 0.3) is 0 Å². The van der Waals surface area contributed by atoms with Gasteiger partial charge in [-0.05, 0) is 40.9 Å². The van der Waals surface area contributed by atoms with E-state index in [1.54, 1.807) is 0 Å². The monoisotopic (exact) mass is 244 g/mol. The second-order valence-electron chi connectivity index (χ2n) is 6.58. The van der Waals surface area contributed by atoms with Gasteiger partial charge in [-0.1, -0.05) is 58.0 Å². The van der Waals surface area contributed by atoms with Crippen LogP contribution in [0.25, 0.3) is 5.57 Å². The lowest BCUT2D eigenvalue weighted by atomic mass is 9.74. The predicted molar refractivity (Wildman–Crippen MR) is 77.5 cm³/mol. The molecule has 1 unspecified atom stereocenters. The molecule has 0 spiro atoms. The van der Waals surface area contributed by atoms with Gasteiger partial charge >= 0.3 is 0 Å². The van der Waals surface area contributed by atoms with Crippen molar-refractivity contribution < 1.29 is 5.11 Å². The van der Waals surface area contributed by atoms with Crippen molar-refractivity contribution in [2.45, 2.75) is 52.6 Å². The first-order chi connectivity index (χ1) is 8.37. The fourth-order valence-electron chi connectivity index (χ4n) is 2.78. The summed E-state index contributed by atoms with van der Waals surface area (Å²) in [6, 6.07) is 8.79. The Bertz CT molecular complexity index is 437. The zero-order valence-corrected chi connectivity index (χ0v) is 11.9. The van der Waals surface area contributed by atoms with E-state index in [1.165, 1.54) is 16.7 Å². The van der Waals surface area contributed by atoms with Gasteiger partial charge in [-0.3, -0.25) is 0 Å². The van der Waals surface area contributed by atoms with Crippen molar-refractivity contribution in [1.82, 2.24) is 0 Å². The summed E-state index contributed by atoms with van der Waals surface area (Å²) in [5.41, 5.74) is 4.11. The lowest BCUT2D eigenvalue weighted by Crippen LogP contribution is -2.24. The van der Waals surface area contributed by atoms with Crippen LogP contribution in [0.3, 0.4) is 0 Å². The zero-order valence-electron chi connectivity index (χ0n) is 11.9. The molecule has 0 amide bonds. The van der Waals surface area contributed by atoms with Crippen LogP contribution in [0.5, 0.6) is 0 Å². The van der Waals surface area contributed by atoms with Gasteiger partial charge in [0.2, 0.25) is 0 Å². The van der Waals surface area contributed by atoms with E-state index in [-0.39, 0.29) is 11.5 Å². The molecule has 98 valence electrons. The predicted octanol–water partition coefficient (Wildman–Crippen LogP) is 4.37. The molecule has 0 aromatic heterocycles. The van der Waals surface area contributed by atoms with Crippen LogP contribution in [0.15, 0.2) is 30.3 Å². The van der Waals surface area contributed by atoms with E-state index in [9.17, 15) is 5.11 Å². The average molecular weight is 244 g/mol. The van der Waals surface area contributed by atoms with Crippen LogP contribution in [-0.2, 0) is 0 Å². The Labute approximate surface area is 111 Å². The summed E-state index contributed by atoms with van der Waals surface area (Å²) in [5, 5.41) is 9.94. The molecule has 1 heteroatoms. The van der Waals surface area contributed by atoms with Gasteiger partial charge in [0.1, 0.15) is 0 Å². The fourth-order valence-corrected chi connectivity index (χ4v) is 2.78. The molecule has 0 heterocycles. The van der Waals surface area contributed by atoms with Crippen molar-refractivity contribution in [1.29, 1.82) is 0 Å². The van der Waals surface area contributed by atoms with Crippen molar-refractivity contribution in [3.05, 3.63) is 41.5 Å². The molecule has 0 saturated heterocycles. The molecule has 1 aliphatic carbocycles. The minimum Gasteiger partial charge on any atom is -0.389 e. The molecule has 1 aromatic rings. The Morgan fingerprint density at radius 1 is 1.17 bits per heavy atom. The molecule has 18 heavy (non-hydrogen) atoms. The highest BCUT2D eigenvalue weighted by Crippen LogP contribution is 2.39. The minimum absolute atomic E-state index is 0.195. The van der Waals surface area contributed by atoms with Crippen molar-refractivity contribution >= 4 is 5.57 Å². The van der Waals surface area contributed by atoms with Gasteiger partial charge in [0, 0.05) is 0 Å². The third-order valence-electron chi connectivity index (χ3n) is 3.77. The van der Waals surface area contributed by atoms with Gasteiger partial charge in [-0.15, -0.1) is 0 Å². The van der Waals surface area contributed by atoms with Gasteiger partial charge in [0.05, 0.1) is 6.10 Å². The van der Waals surface area contributed by atoms with E-state index < -0.39 is 0 Å². The highest BCUT2D eigenvalue weighted by Gasteiger charge is 2.28. The van der Waals surface area contributed by atoms with Gasteiger partial charge in [0.15, 0.2) is 0 Å². The van der Waals surface area contributed by atoms with Gasteiger partial charge in [-0.2, -0.15) is 0 Å². The lowest BCUT2D eigenvalue weighted by Gasteiger charge is -2.32. The van der Waals surface area contributed by atoms with Crippen molar-refractivity contribution in [3.63, 3.8) is 0 Å². The van der Waals surface area contributed by atoms with Crippen LogP contribution in [0.2, 0.25) is 0 Å². The minimum atomic E-state index is -0.298. The quantitative estimate of drug-likeness (QED) is 0.818. The number of allylic oxidation sites excluding steroid dienone is 1. The smallest absolute Gasteiger partial charge is 0.0732 e. The zero-order chi connectivity index (χ0) is 13.3. The molecule has 0 aliphatic heterocycles. The van der Waals surface area contributed by atoms with E-state index in [2.05, 4.69) is 52.0 Å². The Morgan fingerprint density at radius 3 is 2.28 bits per heavy atom. The Kier molecular flexibility index (Phi) is 3.63. The van der Waals surface area contributed by atoms with E-state index >= 15 is 0 Å². The third-order valence-corrected chi connectivity index (χ3v) is 3.77. The number of hydrogen-bond donors (Lipinski definition) is 1. The summed E-state index contributed by atoms with van der Waals surface area (Å²) in [4.78, 5) is 0. The molecule has 0 saturated carbocycles. The summed E-state index contributed by atoms with van der Waals surface area (Å²) in [6.45, 7) is 8.88. The maximum Gasteiger partial charge on any atom is 0.0732 e. The molecule has 0 fully saturated rings. The summed E-state index contributed by atoms with van der Waals surface area (Å²) in [6.07, 6.45) is 3.63. The van der Waals surface area contributed by atoms with Crippen LogP contribution in [0.4, 0.5) is 0 Å². The van der Waals surface area contributed by atoms with Crippen LogP contribution in [0, 0.1) is 5.41 Å². The van der Waals surface area contributed by atoms with Crippen molar-refractivity contribution in [2.75, 3.05) is 0 Å². The molecule has 0 radical (unpaired) electrons. The number of rotatable bonds is 2. The van der Waals surface area contributed by atoms with E-state index in [1.807, 2.05) is 6.08 Å². The SMILES string of the molecule is CC(C)c1ccc(C2=CC(O)CC(C)(C)C2)cc1. The number of hydrogen-bond acceptors (Lipinski definition) is 1. The molecule has 1 atom stereocenters. The van der Waals surface area contributed by atoms with Crippen LogP contribution in [0.1, 0.15) is 57.6 Å². The van der Waals surface area contributed by atoms with E-state index in [0.29, 0.717) is 5.92 Å². The van der Waals surface area contributed by atoms with Crippen LogP contribution < -0.4 is 0 Å². The number of aliphatic hydroxyl groups is 1. The molecule has 0 bridgehead atoms. The normalized spacial score (nSPS) is 23.0. The third kappa shape index (κ3) is 3.02.